The first kappa shape index (κ1) is 21.5. The SMILES string of the molecule is CCOC(=O)C1=C(C)OC(N)=C(C#N)[C@@]12C(=O)N(Cc1ccc(Cl)cc1)c1ccccc12. The summed E-state index contributed by atoms with van der Waals surface area (Å²) in [5, 5.41) is 10.6. The number of carbonyl (C=O) groups is 2. The molecular formula is C24H20ClN3O4. The zero-order valence-corrected chi connectivity index (χ0v) is 18.3. The molecule has 0 unspecified atom stereocenters. The fourth-order valence-corrected chi connectivity index (χ4v) is 4.47. The molecule has 0 fully saturated rings. The van der Waals surface area contributed by atoms with Gasteiger partial charge in [0.05, 0.1) is 13.2 Å². The van der Waals surface area contributed by atoms with Crippen LogP contribution < -0.4 is 10.6 Å². The van der Waals surface area contributed by atoms with E-state index in [2.05, 4.69) is 0 Å². The fourth-order valence-electron chi connectivity index (χ4n) is 4.35. The van der Waals surface area contributed by atoms with E-state index in [1.165, 1.54) is 6.92 Å². The van der Waals surface area contributed by atoms with Crippen LogP contribution in [0.2, 0.25) is 5.02 Å². The molecule has 0 bridgehead atoms. The summed E-state index contributed by atoms with van der Waals surface area (Å²) in [4.78, 5) is 28.8. The molecule has 32 heavy (non-hydrogen) atoms. The highest BCUT2D eigenvalue weighted by atomic mass is 35.5. The highest BCUT2D eigenvalue weighted by molar-refractivity contribution is 6.30. The molecule has 2 aliphatic heterocycles. The Morgan fingerprint density at radius 1 is 1.25 bits per heavy atom. The Morgan fingerprint density at radius 3 is 2.59 bits per heavy atom. The summed E-state index contributed by atoms with van der Waals surface area (Å²) in [6.07, 6.45) is 0. The number of nitrogens with two attached hydrogens (primary N) is 1. The van der Waals surface area contributed by atoms with Gasteiger partial charge in [-0.3, -0.25) is 4.79 Å². The van der Waals surface area contributed by atoms with Crippen LogP contribution in [0.3, 0.4) is 0 Å². The van der Waals surface area contributed by atoms with Crippen molar-refractivity contribution in [2.24, 2.45) is 5.73 Å². The molecule has 4 rings (SSSR count). The van der Waals surface area contributed by atoms with Crippen LogP contribution in [0.15, 0.2) is 71.3 Å². The van der Waals surface area contributed by atoms with E-state index in [1.807, 2.05) is 18.2 Å². The molecule has 2 heterocycles. The Labute approximate surface area is 190 Å². The molecule has 162 valence electrons. The maximum Gasteiger partial charge on any atom is 0.339 e. The lowest BCUT2D eigenvalue weighted by atomic mass is 9.68. The standard InChI is InChI=1S/C24H20ClN3O4/c1-3-31-22(29)20-14(2)32-21(27)18(12-26)24(20)17-6-4-5-7-19(17)28(23(24)30)13-15-8-10-16(25)11-9-15/h4-11H,3,13,27H2,1-2H3/t24-/m1/s1. The Hall–Kier alpha value is -3.76. The van der Waals surface area contributed by atoms with Crippen molar-refractivity contribution in [3.8, 4) is 6.07 Å². The maximum atomic E-state index is 14.2. The number of ether oxygens (including phenoxy) is 2. The molecule has 2 N–H and O–H groups in total. The predicted molar refractivity (Wildman–Crippen MR) is 118 cm³/mol. The van der Waals surface area contributed by atoms with Crippen LogP contribution in [-0.4, -0.2) is 18.5 Å². The molecule has 2 aromatic carbocycles. The van der Waals surface area contributed by atoms with Crippen LogP contribution in [0.5, 0.6) is 0 Å². The summed E-state index contributed by atoms with van der Waals surface area (Å²) in [6.45, 7) is 3.50. The highest BCUT2D eigenvalue weighted by Gasteiger charge is 2.62. The smallest absolute Gasteiger partial charge is 0.339 e. The molecule has 0 aromatic heterocycles. The Kier molecular flexibility index (Phi) is 5.41. The number of nitriles is 1. The zero-order chi connectivity index (χ0) is 23.0. The molecule has 0 radical (unpaired) electrons. The van der Waals surface area contributed by atoms with Crippen LogP contribution >= 0.6 is 11.6 Å². The third-order valence-corrected chi connectivity index (χ3v) is 5.87. The van der Waals surface area contributed by atoms with Crippen molar-refractivity contribution in [1.82, 2.24) is 0 Å². The minimum Gasteiger partial charge on any atom is -0.462 e. The van der Waals surface area contributed by atoms with Crippen LogP contribution in [0.4, 0.5) is 5.69 Å². The van der Waals surface area contributed by atoms with E-state index < -0.39 is 17.3 Å². The second-order valence-corrected chi connectivity index (χ2v) is 7.83. The van der Waals surface area contributed by atoms with Crippen molar-refractivity contribution < 1.29 is 19.1 Å². The molecule has 7 nitrogen and oxygen atoms in total. The number of halogens is 1. The molecule has 0 aliphatic carbocycles. The van der Waals surface area contributed by atoms with Crippen LogP contribution in [0.25, 0.3) is 0 Å². The minimum absolute atomic E-state index is 0.0406. The molecule has 1 atom stereocenters. The fraction of sp³-hybridized carbons (Fsp3) is 0.208. The number of nitrogens with zero attached hydrogens (tertiary/aromatic N) is 2. The van der Waals surface area contributed by atoms with Crippen molar-refractivity contribution in [2.75, 3.05) is 11.5 Å². The minimum atomic E-state index is -1.75. The summed E-state index contributed by atoms with van der Waals surface area (Å²) in [6, 6.07) is 16.2. The van der Waals surface area contributed by atoms with Crippen molar-refractivity contribution in [1.29, 1.82) is 5.26 Å². The summed E-state index contributed by atoms with van der Waals surface area (Å²) in [7, 11) is 0. The van der Waals surface area contributed by atoms with E-state index in [9.17, 15) is 14.9 Å². The quantitative estimate of drug-likeness (QED) is 0.713. The van der Waals surface area contributed by atoms with E-state index in [0.717, 1.165) is 5.56 Å². The summed E-state index contributed by atoms with van der Waals surface area (Å²) >= 11 is 6.00. The van der Waals surface area contributed by atoms with Gasteiger partial charge in [-0.25, -0.2) is 4.79 Å². The lowest BCUT2D eigenvalue weighted by Gasteiger charge is -2.34. The van der Waals surface area contributed by atoms with Crippen LogP contribution in [0, 0.1) is 11.3 Å². The molecule has 1 spiro atoms. The van der Waals surface area contributed by atoms with Gasteiger partial charge < -0.3 is 20.1 Å². The number of para-hydroxylation sites is 1. The number of fused-ring (bicyclic) bond motifs is 2. The van der Waals surface area contributed by atoms with Gasteiger partial charge in [-0.15, -0.1) is 0 Å². The molecule has 2 aliphatic rings. The Morgan fingerprint density at radius 2 is 1.94 bits per heavy atom. The van der Waals surface area contributed by atoms with E-state index >= 15 is 0 Å². The normalized spacial score (nSPS) is 19.7. The van der Waals surface area contributed by atoms with Gasteiger partial charge in [-0.2, -0.15) is 5.26 Å². The summed E-state index contributed by atoms with van der Waals surface area (Å²) in [5.74, 6) is -1.30. The average Bonchev–Trinajstić information content (AvgIpc) is 2.99. The van der Waals surface area contributed by atoms with E-state index in [-0.39, 0.29) is 35.9 Å². The lowest BCUT2D eigenvalue weighted by Crippen LogP contribution is -2.48. The Bertz CT molecular complexity index is 1230. The number of esters is 1. The van der Waals surface area contributed by atoms with E-state index in [1.54, 1.807) is 48.2 Å². The van der Waals surface area contributed by atoms with Gasteiger partial charge in [0.25, 0.3) is 0 Å². The monoisotopic (exact) mass is 449 g/mol. The van der Waals surface area contributed by atoms with Gasteiger partial charge in [-0.1, -0.05) is 41.9 Å². The largest absolute Gasteiger partial charge is 0.462 e. The topological polar surface area (TPSA) is 106 Å². The number of anilines is 1. The first-order valence-corrected chi connectivity index (χ1v) is 10.4. The zero-order valence-electron chi connectivity index (χ0n) is 17.5. The van der Waals surface area contributed by atoms with Crippen LogP contribution in [-0.2, 0) is 31.0 Å². The number of rotatable bonds is 4. The second-order valence-electron chi connectivity index (χ2n) is 7.39. The average molecular weight is 450 g/mol. The van der Waals surface area contributed by atoms with E-state index in [0.29, 0.717) is 16.3 Å². The molecule has 0 saturated heterocycles. The van der Waals surface area contributed by atoms with E-state index in [4.69, 9.17) is 26.8 Å². The third kappa shape index (κ3) is 3.03. The number of carbonyl (C=O) groups excluding carboxylic acids is 2. The number of hydrogen-bond acceptors (Lipinski definition) is 6. The number of allylic oxidation sites excluding steroid dienone is 1. The van der Waals surface area contributed by atoms with Gasteiger partial charge in [0.1, 0.15) is 23.0 Å². The Balaban J connectivity index is 1.97. The van der Waals surface area contributed by atoms with Crippen molar-refractivity contribution >= 4 is 29.2 Å². The summed E-state index contributed by atoms with van der Waals surface area (Å²) in [5.41, 5.74) is 6.02. The molecule has 2 aromatic rings. The summed E-state index contributed by atoms with van der Waals surface area (Å²) < 4.78 is 10.8. The van der Waals surface area contributed by atoms with Gasteiger partial charge in [0.15, 0.2) is 5.41 Å². The maximum absolute atomic E-state index is 14.2. The third-order valence-electron chi connectivity index (χ3n) is 5.62. The number of benzene rings is 2. The first-order valence-electron chi connectivity index (χ1n) is 9.98. The molecular weight excluding hydrogens is 430 g/mol. The number of hydrogen-bond donors (Lipinski definition) is 1. The van der Waals surface area contributed by atoms with Gasteiger partial charge in [-0.05, 0) is 37.6 Å². The molecule has 1 amide bonds. The van der Waals surface area contributed by atoms with Gasteiger partial charge >= 0.3 is 5.97 Å². The lowest BCUT2D eigenvalue weighted by molar-refractivity contribution is -0.141. The molecule has 8 heteroatoms. The highest BCUT2D eigenvalue weighted by Crippen LogP contribution is 2.54. The predicted octanol–water partition coefficient (Wildman–Crippen LogP) is 3.69. The first-order chi connectivity index (χ1) is 15.4. The molecule has 0 saturated carbocycles. The van der Waals surface area contributed by atoms with Crippen molar-refractivity contribution in [3.05, 3.63) is 87.5 Å². The van der Waals surface area contributed by atoms with Crippen molar-refractivity contribution in [2.45, 2.75) is 25.8 Å². The van der Waals surface area contributed by atoms with Gasteiger partial charge in [0, 0.05) is 16.3 Å². The van der Waals surface area contributed by atoms with Gasteiger partial charge in [0.2, 0.25) is 11.8 Å². The van der Waals surface area contributed by atoms with Crippen molar-refractivity contribution in [3.63, 3.8) is 0 Å². The number of amides is 1. The second kappa shape index (κ2) is 8.06. The van der Waals surface area contributed by atoms with Crippen LogP contribution in [0.1, 0.15) is 25.0 Å².